The number of hydrogen-bond donors (Lipinski definition) is 1. The van der Waals surface area contributed by atoms with Crippen molar-refractivity contribution in [2.75, 3.05) is 0 Å². The molecule has 0 atom stereocenters. The first kappa shape index (κ1) is 26.5. The van der Waals surface area contributed by atoms with Gasteiger partial charge in [-0.25, -0.2) is 8.42 Å². The van der Waals surface area contributed by atoms with Crippen LogP contribution in [0.1, 0.15) is 0 Å². The molecule has 0 bridgehead atoms. The third-order valence-corrected chi connectivity index (χ3v) is 4.91. The number of azo groups is 1. The third-order valence-electron chi connectivity index (χ3n) is 3.49. The first-order chi connectivity index (χ1) is 12.9. The maximum absolute atomic E-state index is 11.1. The van der Waals surface area contributed by atoms with Gasteiger partial charge in [0, 0.05) is 10.3 Å². The van der Waals surface area contributed by atoms with Crippen LogP contribution in [0.2, 0.25) is 0 Å². The van der Waals surface area contributed by atoms with Gasteiger partial charge in [-0.1, -0.05) is 12.1 Å². The Bertz CT molecular complexity index is 1110. The second kappa shape index (κ2) is 11.7. The van der Waals surface area contributed by atoms with E-state index in [2.05, 4.69) is 19.6 Å². The smallest absolute Gasteiger partial charge is 0.744 e. The van der Waals surface area contributed by atoms with E-state index in [-0.39, 0.29) is 75.4 Å². The second-order valence-corrected chi connectivity index (χ2v) is 7.34. The number of aromatic hydroxyl groups is 1. The summed E-state index contributed by atoms with van der Waals surface area (Å²) in [4.78, 5) is 0.227. The van der Waals surface area contributed by atoms with E-state index >= 15 is 0 Å². The van der Waals surface area contributed by atoms with Crippen LogP contribution in [-0.4, -0.2) is 18.1 Å². The molecule has 3 rings (SSSR count). The average Bonchev–Trinajstić information content (AvgIpc) is 2.65. The van der Waals surface area contributed by atoms with Crippen LogP contribution in [0.15, 0.2) is 74.6 Å². The molecule has 13 heteroatoms. The van der Waals surface area contributed by atoms with Crippen LogP contribution in [0.4, 0.5) is 11.4 Å². The zero-order chi connectivity index (χ0) is 19.4. The Morgan fingerprint density at radius 3 is 2.28 bits per heavy atom. The number of nitrogens with zero attached hydrogens (tertiary/aromatic N) is 2. The van der Waals surface area contributed by atoms with E-state index < -0.39 is 10.1 Å². The number of benzene rings is 3. The molecule has 0 saturated heterocycles. The summed E-state index contributed by atoms with van der Waals surface area (Å²) < 4.78 is 37.6. The van der Waals surface area contributed by atoms with Crippen molar-refractivity contribution in [3.8, 4) is 5.75 Å². The fourth-order valence-corrected chi connectivity index (χ4v) is 3.13. The summed E-state index contributed by atoms with van der Waals surface area (Å²) in [6.45, 7) is 0. The fourth-order valence-electron chi connectivity index (χ4n) is 2.27. The van der Waals surface area contributed by atoms with E-state index in [1.54, 1.807) is 24.3 Å². The Balaban J connectivity index is 0.00000210. The molecule has 140 valence electrons. The number of rotatable bonds is 6. The molecule has 0 saturated carbocycles. The molecule has 0 aliphatic heterocycles. The van der Waals surface area contributed by atoms with Gasteiger partial charge in [-0.2, -0.15) is 9.45 Å². The number of phenols is 1. The summed E-state index contributed by atoms with van der Waals surface area (Å²) in [7, 11) is -4.59. The van der Waals surface area contributed by atoms with Gasteiger partial charge in [0.2, 0.25) is 0 Å². The monoisotopic (exact) mass is 452 g/mol. The van der Waals surface area contributed by atoms with Gasteiger partial charge in [0.1, 0.15) is 21.6 Å². The van der Waals surface area contributed by atoms with E-state index in [1.807, 2.05) is 0 Å². The Labute approximate surface area is 214 Å². The van der Waals surface area contributed by atoms with Crippen LogP contribution in [0.25, 0.3) is 10.8 Å². The Hall–Kier alpha value is -0.540. The maximum Gasteiger partial charge on any atom is 1.00 e. The Morgan fingerprint density at radius 1 is 0.966 bits per heavy atom. The van der Waals surface area contributed by atoms with Crippen molar-refractivity contribution >= 4 is 44.3 Å². The van der Waals surface area contributed by atoms with Gasteiger partial charge in [-0.15, -0.1) is 5.11 Å². The van der Waals surface area contributed by atoms with E-state index in [1.165, 1.54) is 24.3 Å². The van der Waals surface area contributed by atoms with Crippen LogP contribution >= 0.6 is 12.0 Å². The van der Waals surface area contributed by atoms with Crippen molar-refractivity contribution < 1.29 is 91.8 Å². The topological polar surface area (TPSA) is 144 Å². The quantitative estimate of drug-likeness (QED) is 0.105. The standard InChI is InChI=1S/C16H12N2O7S2.2Na/c19-15-8-1-10-9-13(27(21,22)23)6-7-14(10)16(15)18-17-11-2-4-12(5-3-11)26-25-24-20;;/h1-9,19-20H,(H,21,22,23);;/q;2*+1/p-2. The average molecular weight is 452 g/mol. The molecule has 0 aliphatic carbocycles. The van der Waals surface area contributed by atoms with Crippen molar-refractivity contribution in [1.82, 2.24) is 0 Å². The molecule has 0 aliphatic rings. The van der Waals surface area contributed by atoms with Crippen LogP contribution < -0.4 is 64.4 Å². The normalized spacial score (nSPS) is 11.2. The molecule has 0 unspecified atom stereocenters. The molecule has 29 heavy (non-hydrogen) atoms. The second-order valence-electron chi connectivity index (χ2n) is 5.18. The van der Waals surface area contributed by atoms with Crippen LogP contribution in [0, 0.1) is 0 Å². The zero-order valence-corrected chi connectivity index (χ0v) is 20.9. The molecule has 1 N–H and O–H groups in total. The van der Waals surface area contributed by atoms with Crippen molar-refractivity contribution in [2.45, 2.75) is 9.79 Å². The van der Waals surface area contributed by atoms with E-state index in [9.17, 15) is 23.3 Å². The summed E-state index contributed by atoms with van der Waals surface area (Å²) in [5.74, 6) is -0.155. The molecule has 3 aromatic carbocycles. The van der Waals surface area contributed by atoms with Gasteiger partial charge in [0.15, 0.2) is 0 Å². The summed E-state index contributed by atoms with van der Waals surface area (Å²) in [5.41, 5.74) is 0.585. The molecule has 9 nitrogen and oxygen atoms in total. The molecule has 0 amide bonds. The van der Waals surface area contributed by atoms with Gasteiger partial charge < -0.3 is 14.9 Å². The maximum atomic E-state index is 11.1. The minimum atomic E-state index is -4.59. The molecule has 0 aromatic heterocycles. The van der Waals surface area contributed by atoms with Gasteiger partial charge in [0.05, 0.1) is 22.6 Å². The van der Waals surface area contributed by atoms with Crippen LogP contribution in [-0.2, 0) is 19.5 Å². The van der Waals surface area contributed by atoms with Crippen molar-refractivity contribution in [3.05, 3.63) is 54.6 Å². The molecule has 0 heterocycles. The molecule has 0 spiro atoms. The minimum Gasteiger partial charge on any atom is -0.744 e. The first-order valence-electron chi connectivity index (χ1n) is 7.25. The van der Waals surface area contributed by atoms with Gasteiger partial charge in [0.25, 0.3) is 0 Å². The van der Waals surface area contributed by atoms with Crippen LogP contribution in [0.3, 0.4) is 0 Å². The van der Waals surface area contributed by atoms with Gasteiger partial charge in [-0.3, -0.25) is 5.04 Å². The predicted molar refractivity (Wildman–Crippen MR) is 92.2 cm³/mol. The van der Waals surface area contributed by atoms with Gasteiger partial charge >= 0.3 is 59.1 Å². The Morgan fingerprint density at radius 2 is 1.66 bits per heavy atom. The first-order valence-corrected chi connectivity index (χ1v) is 9.40. The minimum absolute atomic E-state index is 0. The van der Waals surface area contributed by atoms with Crippen molar-refractivity contribution in [2.24, 2.45) is 10.2 Å². The largest absolute Gasteiger partial charge is 1.00 e. The fraction of sp³-hybridized carbons (Fsp3) is 0. The summed E-state index contributed by atoms with van der Waals surface area (Å²) in [6.07, 6.45) is 0. The molecular formula is C16H10N2Na2O7S2. The van der Waals surface area contributed by atoms with Crippen molar-refractivity contribution in [1.29, 1.82) is 0 Å². The summed E-state index contributed by atoms with van der Waals surface area (Å²) >= 11 is 0.730. The van der Waals surface area contributed by atoms with E-state index in [4.69, 9.17) is 0 Å². The zero-order valence-electron chi connectivity index (χ0n) is 15.3. The predicted octanol–water partition coefficient (Wildman–Crippen LogP) is -2.90. The number of phenolic OH excluding ortho intramolecular Hbond substituents is 1. The van der Waals surface area contributed by atoms with Crippen LogP contribution in [0.5, 0.6) is 5.75 Å². The van der Waals surface area contributed by atoms with Crippen molar-refractivity contribution in [3.63, 3.8) is 0 Å². The number of fused-ring (bicyclic) bond motifs is 1. The third kappa shape index (κ3) is 6.99. The van der Waals surface area contributed by atoms with Gasteiger partial charge in [-0.05, 0) is 47.9 Å². The van der Waals surface area contributed by atoms with E-state index in [0.29, 0.717) is 21.4 Å². The number of hydrogen-bond acceptors (Lipinski definition) is 10. The molecule has 0 radical (unpaired) electrons. The molecular weight excluding hydrogens is 442 g/mol. The SMILES string of the molecule is O=S(=O)([O-])c1ccc2c(N=Nc3ccc(SOO[O-])cc3)c(O)ccc2c1.[Na+].[Na+]. The molecule has 0 fully saturated rings. The summed E-state index contributed by atoms with van der Waals surface area (Å²) in [5, 5.41) is 32.0. The van der Waals surface area contributed by atoms with E-state index in [0.717, 1.165) is 18.1 Å². The Kier molecular flexibility index (Phi) is 10.7. The summed E-state index contributed by atoms with van der Waals surface area (Å²) in [6, 6.07) is 13.0. The molecule has 3 aromatic rings.